The Morgan fingerprint density at radius 3 is 2.74 bits per heavy atom. The Hall–Kier alpha value is -3.12. The molecule has 12 nitrogen and oxygen atoms in total. The molecule has 1 aliphatic rings. The smallest absolute Gasteiger partial charge is 0.459 e. The summed E-state index contributed by atoms with van der Waals surface area (Å²) in [4.78, 5) is 20.6. The molecule has 212 valence electrons. The van der Waals surface area contributed by atoms with Gasteiger partial charge in [-0.2, -0.15) is 10.2 Å². The van der Waals surface area contributed by atoms with Gasteiger partial charge < -0.3 is 19.7 Å². The van der Waals surface area contributed by atoms with Crippen LogP contribution in [-0.2, 0) is 23.4 Å². The highest BCUT2D eigenvalue weighted by Crippen LogP contribution is 2.48. The van der Waals surface area contributed by atoms with Gasteiger partial charge >= 0.3 is 13.7 Å². The molecule has 3 heterocycles. The van der Waals surface area contributed by atoms with E-state index in [1.54, 1.807) is 30.3 Å². The van der Waals surface area contributed by atoms with Crippen molar-refractivity contribution in [2.45, 2.75) is 65.0 Å². The van der Waals surface area contributed by atoms with Crippen molar-refractivity contribution in [1.82, 2.24) is 24.7 Å². The molecule has 0 amide bonds. The zero-order chi connectivity index (χ0) is 28.4. The number of fused-ring (bicyclic) bond motifs is 1. The third-order valence-corrected chi connectivity index (χ3v) is 7.52. The number of nitrogens with zero attached hydrogens (tertiary/aromatic N) is 4. The monoisotopic (exact) mass is 564 g/mol. The normalized spacial score (nSPS) is 23.8. The second-order valence-corrected chi connectivity index (χ2v) is 12.6. The van der Waals surface area contributed by atoms with Crippen molar-refractivity contribution in [3.63, 3.8) is 0 Å². The van der Waals surface area contributed by atoms with E-state index in [-0.39, 0.29) is 42.3 Å². The predicted molar refractivity (Wildman–Crippen MR) is 141 cm³/mol. The Kier molecular flexibility index (Phi) is 8.27. The number of para-hydroxylation sites is 1. The Bertz CT molecular complexity index is 1350. The maximum absolute atomic E-state index is 15.7. The zero-order valence-electron chi connectivity index (χ0n) is 22.5. The Morgan fingerprint density at radius 1 is 1.33 bits per heavy atom. The largest absolute Gasteiger partial charge is 0.464 e. The summed E-state index contributed by atoms with van der Waals surface area (Å²) in [5.74, 6) is -0.213. The molecule has 0 bridgehead atoms. The fraction of sp³-hybridized carbons (Fsp3) is 0.520. The molecule has 1 unspecified atom stereocenters. The molecule has 14 heteroatoms. The molecule has 1 fully saturated rings. The van der Waals surface area contributed by atoms with Crippen LogP contribution in [0.15, 0.2) is 42.9 Å². The van der Waals surface area contributed by atoms with Crippen molar-refractivity contribution in [1.29, 1.82) is 0 Å². The maximum Gasteiger partial charge on any atom is 0.459 e. The van der Waals surface area contributed by atoms with Gasteiger partial charge in [0, 0.05) is 6.42 Å². The van der Waals surface area contributed by atoms with Crippen molar-refractivity contribution in [3.05, 3.63) is 48.5 Å². The first-order valence-corrected chi connectivity index (χ1v) is 14.0. The number of carbonyl (C=O) groups excluding carboxylic acids is 1. The molecule has 0 aliphatic carbocycles. The molecule has 0 radical (unpaired) electrons. The molecule has 4 rings (SSSR count). The molecule has 5 atom stereocenters. The summed E-state index contributed by atoms with van der Waals surface area (Å²) < 4.78 is 53.6. The molecule has 2 aromatic heterocycles. The van der Waals surface area contributed by atoms with Gasteiger partial charge in [-0.25, -0.2) is 23.4 Å². The summed E-state index contributed by atoms with van der Waals surface area (Å²) in [5.41, 5.74) is 4.41. The average Bonchev–Trinajstić information content (AvgIpc) is 3.41. The zero-order valence-corrected chi connectivity index (χ0v) is 23.4. The second kappa shape index (κ2) is 11.2. The van der Waals surface area contributed by atoms with Crippen LogP contribution < -0.4 is 15.3 Å². The van der Waals surface area contributed by atoms with Gasteiger partial charge in [-0.1, -0.05) is 39.0 Å². The Labute approximate surface area is 226 Å². The van der Waals surface area contributed by atoms with Gasteiger partial charge in [0.25, 0.3) is 0 Å². The minimum atomic E-state index is -4.14. The fourth-order valence-corrected chi connectivity index (χ4v) is 5.56. The van der Waals surface area contributed by atoms with E-state index in [9.17, 15) is 9.36 Å². The number of nitrogens with two attached hydrogens (primary N) is 1. The molecule has 3 aromatic rings. The first kappa shape index (κ1) is 28.9. The maximum atomic E-state index is 15.7. The van der Waals surface area contributed by atoms with Gasteiger partial charge in [-0.15, -0.1) is 0 Å². The molecular weight excluding hydrogens is 530 g/mol. The summed E-state index contributed by atoms with van der Waals surface area (Å²) in [5, 5.41) is 6.75. The predicted octanol–water partition coefficient (Wildman–Crippen LogP) is 4.04. The van der Waals surface area contributed by atoms with Crippen LogP contribution in [0, 0.1) is 5.41 Å². The lowest BCUT2D eigenvalue weighted by atomic mass is 9.96. The van der Waals surface area contributed by atoms with Gasteiger partial charge in [0.05, 0.1) is 31.2 Å². The van der Waals surface area contributed by atoms with Crippen LogP contribution >= 0.6 is 7.75 Å². The fourth-order valence-electron chi connectivity index (χ4n) is 4.04. The first-order valence-electron chi connectivity index (χ1n) is 12.5. The average molecular weight is 565 g/mol. The van der Waals surface area contributed by atoms with Gasteiger partial charge in [0.2, 0.25) is 0 Å². The number of halogens is 1. The van der Waals surface area contributed by atoms with Crippen LogP contribution in [0.2, 0.25) is 0 Å². The number of rotatable bonds is 10. The highest BCUT2D eigenvalue weighted by Gasteiger charge is 2.49. The van der Waals surface area contributed by atoms with Crippen molar-refractivity contribution in [2.24, 2.45) is 5.41 Å². The number of nitrogen functional groups attached to an aromatic ring is 1. The lowest BCUT2D eigenvalue weighted by molar-refractivity contribution is -0.148. The van der Waals surface area contributed by atoms with E-state index in [4.69, 9.17) is 24.3 Å². The number of alkyl halides is 1. The lowest BCUT2D eigenvalue weighted by Gasteiger charge is -2.25. The number of carbonyl (C=O) groups is 1. The molecule has 1 aliphatic heterocycles. The number of imidazole rings is 1. The van der Waals surface area contributed by atoms with E-state index in [2.05, 4.69) is 20.2 Å². The minimum Gasteiger partial charge on any atom is -0.464 e. The number of benzene rings is 1. The van der Waals surface area contributed by atoms with Gasteiger partial charge in [0.1, 0.15) is 29.9 Å². The molecule has 0 spiro atoms. The summed E-state index contributed by atoms with van der Waals surface area (Å²) in [6.45, 7) is 8.55. The summed E-state index contributed by atoms with van der Waals surface area (Å²) in [6.07, 6.45) is 0.758. The van der Waals surface area contributed by atoms with E-state index >= 15 is 4.39 Å². The van der Waals surface area contributed by atoms with Gasteiger partial charge in [-0.3, -0.25) is 9.32 Å². The van der Waals surface area contributed by atoms with Crippen molar-refractivity contribution >= 4 is 25.2 Å². The second-order valence-electron chi connectivity index (χ2n) is 10.9. The third-order valence-electron chi connectivity index (χ3n) is 5.88. The van der Waals surface area contributed by atoms with Crippen LogP contribution in [0.1, 0.15) is 52.8 Å². The number of ether oxygens (including phenoxy) is 2. The lowest BCUT2D eigenvalue weighted by Crippen LogP contribution is -2.37. The quantitative estimate of drug-likeness (QED) is 0.271. The standard InChI is InChI=1S/C25H34FN6O6P/c1-16(23(33)35-14-24(2,3)4)31-39(34,38-17-9-7-6-8-10-17)36-13-18-11-25(5,26)20(37-18)19-12-28-22-21(27)29-15-30-32(19)22/h6-10,12,15-16,18,20H,11,13-14H2,1-5H3,(H,31,34)(H2,27,29,30)/t16-,18-,20-,25+,39?/m0/s1. The first-order chi connectivity index (χ1) is 18.3. The van der Waals surface area contributed by atoms with Gasteiger partial charge in [-0.05, 0) is 31.4 Å². The SMILES string of the molecule is C[C@H](NP(=O)(OC[C@@H]1C[C@@](C)(F)[C@H](c2cnc3c(N)ncnn23)O1)Oc1ccccc1)C(=O)OCC(C)(C)C. The Balaban J connectivity index is 1.48. The molecule has 0 saturated carbocycles. The number of hydrogen-bond donors (Lipinski definition) is 2. The van der Waals surface area contributed by atoms with Gasteiger partial charge in [0.15, 0.2) is 11.5 Å². The molecule has 3 N–H and O–H groups in total. The van der Waals surface area contributed by atoms with E-state index in [0.29, 0.717) is 5.69 Å². The van der Waals surface area contributed by atoms with Crippen molar-refractivity contribution < 1.29 is 32.3 Å². The van der Waals surface area contributed by atoms with E-state index in [1.807, 2.05) is 20.8 Å². The van der Waals surface area contributed by atoms with E-state index < -0.39 is 37.6 Å². The van der Waals surface area contributed by atoms with Crippen LogP contribution in [0.5, 0.6) is 5.75 Å². The minimum absolute atomic E-state index is 0.0695. The molecule has 39 heavy (non-hydrogen) atoms. The summed E-state index contributed by atoms with van der Waals surface area (Å²) in [7, 11) is -4.14. The van der Waals surface area contributed by atoms with Crippen LogP contribution in [0.4, 0.5) is 10.2 Å². The highest BCUT2D eigenvalue weighted by molar-refractivity contribution is 7.52. The van der Waals surface area contributed by atoms with E-state index in [1.165, 1.54) is 30.9 Å². The number of anilines is 1. The molecule has 1 aromatic carbocycles. The summed E-state index contributed by atoms with van der Waals surface area (Å²) >= 11 is 0. The molecular formula is C25H34FN6O6P. The highest BCUT2D eigenvalue weighted by atomic mass is 31.2. The third kappa shape index (κ3) is 7.10. The van der Waals surface area contributed by atoms with Crippen LogP contribution in [0.25, 0.3) is 5.65 Å². The van der Waals surface area contributed by atoms with Crippen LogP contribution in [0.3, 0.4) is 0 Å². The number of esters is 1. The molecule has 1 saturated heterocycles. The Morgan fingerprint density at radius 2 is 2.05 bits per heavy atom. The topological polar surface area (TPSA) is 152 Å². The van der Waals surface area contributed by atoms with Crippen molar-refractivity contribution in [2.75, 3.05) is 18.9 Å². The number of hydrogen-bond acceptors (Lipinski definition) is 10. The van der Waals surface area contributed by atoms with Crippen LogP contribution in [-0.4, -0.2) is 56.6 Å². The van der Waals surface area contributed by atoms with Crippen molar-refractivity contribution in [3.8, 4) is 5.75 Å². The van der Waals surface area contributed by atoms with E-state index in [0.717, 1.165) is 0 Å². The number of nitrogens with one attached hydrogen (secondary N) is 1. The summed E-state index contributed by atoms with van der Waals surface area (Å²) in [6, 6.07) is 7.34. The number of aromatic nitrogens is 4.